The Morgan fingerprint density at radius 2 is 0.931 bits per heavy atom. The summed E-state index contributed by atoms with van der Waals surface area (Å²) >= 11 is 0. The van der Waals surface area contributed by atoms with Crippen LogP contribution in [0.5, 0.6) is 0 Å². The van der Waals surface area contributed by atoms with Crippen molar-refractivity contribution in [3.63, 3.8) is 0 Å². The molecule has 0 aliphatic heterocycles. The SMILES string of the molecule is CCCC/C=C/CCCCCCCC(=O)OC(COCCC(C(=O)[O-])[N+](C)(C)C)COC(=O)CCCCCCCCC/C=C/C/C=C/CCCCCCCCCCC. The van der Waals surface area contributed by atoms with Gasteiger partial charge in [-0.1, -0.05) is 166 Å². The number of hydrogen-bond acceptors (Lipinski definition) is 7. The summed E-state index contributed by atoms with van der Waals surface area (Å²) in [6.07, 6.45) is 47.5. The number of rotatable bonds is 43. The predicted octanol–water partition coefficient (Wildman–Crippen LogP) is 12.1. The summed E-state index contributed by atoms with van der Waals surface area (Å²) in [4.78, 5) is 36.9. The summed E-state index contributed by atoms with van der Waals surface area (Å²) in [5.74, 6) is -1.75. The van der Waals surface area contributed by atoms with E-state index in [-0.39, 0.29) is 42.7 Å². The third-order valence-electron chi connectivity index (χ3n) is 10.7. The van der Waals surface area contributed by atoms with Crippen LogP contribution in [0, 0.1) is 0 Å². The number of carbonyl (C=O) groups excluding carboxylic acids is 3. The molecule has 0 radical (unpaired) electrons. The number of allylic oxidation sites excluding steroid dienone is 6. The van der Waals surface area contributed by atoms with Gasteiger partial charge in [-0.2, -0.15) is 0 Å². The maximum absolute atomic E-state index is 12.7. The number of carbonyl (C=O) groups is 3. The average Bonchev–Trinajstić information content (AvgIpc) is 3.18. The zero-order valence-corrected chi connectivity index (χ0v) is 38.5. The molecule has 0 aromatic rings. The van der Waals surface area contributed by atoms with Crippen LogP contribution in [0.3, 0.4) is 0 Å². The molecule has 0 heterocycles. The molecule has 0 aromatic heterocycles. The summed E-state index contributed by atoms with van der Waals surface area (Å²) in [5.41, 5.74) is 0. The molecule has 0 bridgehead atoms. The van der Waals surface area contributed by atoms with Crippen molar-refractivity contribution >= 4 is 17.9 Å². The Labute approximate surface area is 357 Å². The van der Waals surface area contributed by atoms with Crippen LogP contribution >= 0.6 is 0 Å². The van der Waals surface area contributed by atoms with Crippen LogP contribution < -0.4 is 5.11 Å². The Hall–Kier alpha value is -2.45. The van der Waals surface area contributed by atoms with Crippen LogP contribution in [0.4, 0.5) is 0 Å². The van der Waals surface area contributed by atoms with Crippen molar-refractivity contribution in [1.82, 2.24) is 0 Å². The first-order chi connectivity index (χ1) is 28.1. The number of quaternary nitrogens is 1. The van der Waals surface area contributed by atoms with Crippen molar-refractivity contribution in [1.29, 1.82) is 0 Å². The molecule has 0 spiro atoms. The fourth-order valence-corrected chi connectivity index (χ4v) is 6.96. The molecule has 338 valence electrons. The average molecular weight is 818 g/mol. The van der Waals surface area contributed by atoms with E-state index in [2.05, 4.69) is 50.3 Å². The summed E-state index contributed by atoms with van der Waals surface area (Å²) in [5, 5.41) is 11.6. The fraction of sp³-hybridized carbons (Fsp3) is 0.820. The molecule has 0 N–H and O–H groups in total. The minimum atomic E-state index is -1.13. The second-order valence-corrected chi connectivity index (χ2v) is 17.3. The van der Waals surface area contributed by atoms with Gasteiger partial charge in [0, 0.05) is 19.3 Å². The number of aliphatic carboxylic acids is 1. The lowest BCUT2D eigenvalue weighted by molar-refractivity contribution is -0.889. The molecule has 58 heavy (non-hydrogen) atoms. The van der Waals surface area contributed by atoms with Gasteiger partial charge < -0.3 is 28.6 Å². The first kappa shape index (κ1) is 55.5. The quantitative estimate of drug-likeness (QED) is 0.0261. The van der Waals surface area contributed by atoms with E-state index in [0.29, 0.717) is 12.8 Å². The molecule has 2 unspecified atom stereocenters. The number of esters is 2. The van der Waals surface area contributed by atoms with E-state index in [9.17, 15) is 19.5 Å². The number of likely N-dealkylation sites (N-methyl/N-ethyl adjacent to an activating group) is 1. The van der Waals surface area contributed by atoms with E-state index in [0.717, 1.165) is 70.6 Å². The van der Waals surface area contributed by atoms with Gasteiger partial charge in [0.05, 0.1) is 40.3 Å². The van der Waals surface area contributed by atoms with Crippen LogP contribution in [0.15, 0.2) is 36.5 Å². The highest BCUT2D eigenvalue weighted by atomic mass is 16.6. The Bertz CT molecular complexity index is 1050. The topological polar surface area (TPSA) is 102 Å². The van der Waals surface area contributed by atoms with Gasteiger partial charge in [-0.15, -0.1) is 0 Å². The first-order valence-corrected chi connectivity index (χ1v) is 24.0. The number of ether oxygens (including phenoxy) is 3. The van der Waals surface area contributed by atoms with Gasteiger partial charge in [-0.25, -0.2) is 0 Å². The second kappa shape index (κ2) is 41.3. The molecular weight excluding hydrogens is 727 g/mol. The Kier molecular flexibility index (Phi) is 39.5. The molecule has 8 heteroatoms. The minimum Gasteiger partial charge on any atom is -0.544 e. The maximum atomic E-state index is 12.7. The summed E-state index contributed by atoms with van der Waals surface area (Å²) < 4.78 is 17.2. The Morgan fingerprint density at radius 3 is 1.40 bits per heavy atom. The van der Waals surface area contributed by atoms with E-state index in [1.165, 1.54) is 109 Å². The van der Waals surface area contributed by atoms with E-state index in [4.69, 9.17) is 14.2 Å². The molecule has 0 fully saturated rings. The summed E-state index contributed by atoms with van der Waals surface area (Å²) in [6, 6.07) is -0.727. The molecule has 0 aliphatic rings. The van der Waals surface area contributed by atoms with Crippen molar-refractivity contribution < 1.29 is 38.2 Å². The molecule has 0 aliphatic carbocycles. The highest BCUT2D eigenvalue weighted by Gasteiger charge is 2.25. The molecule has 0 aromatic carbocycles. The zero-order valence-electron chi connectivity index (χ0n) is 38.5. The largest absolute Gasteiger partial charge is 0.544 e. The third-order valence-corrected chi connectivity index (χ3v) is 10.7. The van der Waals surface area contributed by atoms with E-state index in [1.54, 1.807) is 21.1 Å². The Morgan fingerprint density at radius 1 is 0.517 bits per heavy atom. The zero-order chi connectivity index (χ0) is 42.8. The fourth-order valence-electron chi connectivity index (χ4n) is 6.96. The van der Waals surface area contributed by atoms with Gasteiger partial charge >= 0.3 is 11.9 Å². The molecule has 8 nitrogen and oxygen atoms in total. The Balaban J connectivity index is 4.20. The number of carboxylic acid groups (broad SMARTS) is 1. The van der Waals surface area contributed by atoms with Crippen molar-refractivity contribution in [3.8, 4) is 0 Å². The summed E-state index contributed by atoms with van der Waals surface area (Å²) in [6.45, 7) is 4.62. The van der Waals surface area contributed by atoms with Gasteiger partial charge in [0.1, 0.15) is 12.6 Å². The summed E-state index contributed by atoms with van der Waals surface area (Å²) in [7, 11) is 5.40. The van der Waals surface area contributed by atoms with Crippen LogP contribution in [0.1, 0.15) is 213 Å². The number of hydrogen-bond donors (Lipinski definition) is 0. The lowest BCUT2D eigenvalue weighted by Gasteiger charge is -2.34. The number of nitrogens with zero attached hydrogens (tertiary/aromatic N) is 1. The molecular formula is C50H91NO7. The molecule has 0 saturated carbocycles. The molecule has 0 amide bonds. The van der Waals surface area contributed by atoms with Crippen molar-refractivity contribution in [2.24, 2.45) is 0 Å². The van der Waals surface area contributed by atoms with Crippen LogP contribution in [-0.2, 0) is 28.6 Å². The standard InChI is InChI=1S/C50H91NO7/c1-6-8-10-12-14-16-18-19-20-21-22-23-24-25-26-27-28-29-31-32-34-36-38-40-48(52)57-45-46(44-56-43-42-47(50(54)55)51(3,4)5)58-49(53)41-39-37-35-33-30-17-15-13-11-9-7-2/h13,15,22-23,25-26,46-47H,6-12,14,16-21,24,27-45H2,1-5H3/b15-13+,23-22+,26-25+. The van der Waals surface area contributed by atoms with Crippen LogP contribution in [-0.4, -0.2) is 75.5 Å². The van der Waals surface area contributed by atoms with Gasteiger partial charge in [-0.3, -0.25) is 9.59 Å². The molecule has 0 rings (SSSR count). The molecule has 0 saturated heterocycles. The highest BCUT2D eigenvalue weighted by molar-refractivity contribution is 5.70. The maximum Gasteiger partial charge on any atom is 0.306 e. The lowest BCUT2D eigenvalue weighted by Crippen LogP contribution is -2.55. The smallest absolute Gasteiger partial charge is 0.306 e. The normalized spacial score (nSPS) is 13.2. The van der Waals surface area contributed by atoms with Crippen LogP contribution in [0.2, 0.25) is 0 Å². The molecule has 2 atom stereocenters. The number of carboxylic acids is 1. The third kappa shape index (κ3) is 39.0. The van der Waals surface area contributed by atoms with E-state index >= 15 is 0 Å². The minimum absolute atomic E-state index is 0.0357. The van der Waals surface area contributed by atoms with Gasteiger partial charge in [0.15, 0.2) is 6.10 Å². The monoisotopic (exact) mass is 818 g/mol. The number of unbranched alkanes of at least 4 members (excludes halogenated alkanes) is 23. The van der Waals surface area contributed by atoms with Crippen molar-refractivity contribution in [2.75, 3.05) is 41.0 Å². The predicted molar refractivity (Wildman–Crippen MR) is 240 cm³/mol. The van der Waals surface area contributed by atoms with Gasteiger partial charge in [-0.05, 0) is 64.2 Å². The van der Waals surface area contributed by atoms with E-state index in [1.807, 2.05) is 0 Å². The lowest BCUT2D eigenvalue weighted by atomic mass is 10.1. The van der Waals surface area contributed by atoms with Crippen molar-refractivity contribution in [2.45, 2.75) is 225 Å². The second-order valence-electron chi connectivity index (χ2n) is 17.3. The first-order valence-electron chi connectivity index (χ1n) is 24.0. The van der Waals surface area contributed by atoms with Crippen LogP contribution in [0.25, 0.3) is 0 Å². The van der Waals surface area contributed by atoms with Gasteiger partial charge in [0.25, 0.3) is 0 Å². The van der Waals surface area contributed by atoms with E-state index < -0.39 is 18.1 Å². The highest BCUT2D eigenvalue weighted by Crippen LogP contribution is 2.14. The van der Waals surface area contributed by atoms with Crippen molar-refractivity contribution in [3.05, 3.63) is 36.5 Å². The van der Waals surface area contributed by atoms with Gasteiger partial charge in [0.2, 0.25) is 0 Å².